The van der Waals surface area contributed by atoms with E-state index >= 15 is 0 Å². The van der Waals surface area contributed by atoms with Crippen molar-refractivity contribution in [1.82, 2.24) is 14.7 Å². The van der Waals surface area contributed by atoms with Gasteiger partial charge in [-0.15, -0.1) is 4.85 Å². The number of hydrogen-bond acceptors (Lipinski definition) is 4. The van der Waals surface area contributed by atoms with Gasteiger partial charge in [-0.3, -0.25) is 4.79 Å². The highest BCUT2D eigenvalue weighted by Gasteiger charge is 2.13. The molecule has 0 aliphatic carbocycles. The predicted octanol–water partition coefficient (Wildman–Crippen LogP) is 0.474. The van der Waals surface area contributed by atoms with E-state index < -0.39 is 0 Å². The van der Waals surface area contributed by atoms with Crippen LogP contribution in [0.15, 0.2) is 30.5 Å². The molecule has 3 aromatic rings. The van der Waals surface area contributed by atoms with Gasteiger partial charge in [0, 0.05) is 12.6 Å². The number of fused-ring (bicyclic) bond motifs is 3. The van der Waals surface area contributed by atoms with Crippen molar-refractivity contribution in [1.29, 1.82) is 0 Å². The van der Waals surface area contributed by atoms with Crippen molar-refractivity contribution in [2.45, 2.75) is 6.92 Å². The molecule has 0 saturated carbocycles. The Balaban J connectivity index is 2.28. The van der Waals surface area contributed by atoms with E-state index in [9.17, 15) is 10.0 Å². The zero-order valence-electron chi connectivity index (χ0n) is 9.49. The maximum atomic E-state index is 11.6. The van der Waals surface area contributed by atoms with Crippen LogP contribution in [0.1, 0.15) is 6.92 Å². The summed E-state index contributed by atoms with van der Waals surface area (Å²) in [5, 5.41) is 22.2. The SMILES string of the molecule is CC(=O)Nc1ccc2c(c1)n[n+]([O-])c1ccnn21. The van der Waals surface area contributed by atoms with Crippen LogP contribution in [0.2, 0.25) is 0 Å². The van der Waals surface area contributed by atoms with Gasteiger partial charge in [-0.2, -0.15) is 0 Å². The van der Waals surface area contributed by atoms with Crippen LogP contribution < -0.4 is 10.2 Å². The topological polar surface area (TPSA) is 86.2 Å². The van der Waals surface area contributed by atoms with Crippen LogP contribution in [-0.2, 0) is 4.79 Å². The molecular weight excluding hydrogens is 234 g/mol. The van der Waals surface area contributed by atoms with E-state index in [0.717, 1.165) is 0 Å². The van der Waals surface area contributed by atoms with Crippen molar-refractivity contribution in [3.8, 4) is 0 Å². The third-order valence-electron chi connectivity index (χ3n) is 2.54. The summed E-state index contributed by atoms with van der Waals surface area (Å²) >= 11 is 0. The average Bonchev–Trinajstić information content (AvgIpc) is 2.77. The van der Waals surface area contributed by atoms with E-state index in [-0.39, 0.29) is 5.91 Å². The summed E-state index contributed by atoms with van der Waals surface area (Å²) in [6, 6.07) is 6.71. The molecule has 0 spiro atoms. The van der Waals surface area contributed by atoms with Crippen LogP contribution in [0.4, 0.5) is 5.69 Å². The number of nitrogens with zero attached hydrogens (tertiary/aromatic N) is 4. The van der Waals surface area contributed by atoms with Crippen LogP contribution in [0.3, 0.4) is 0 Å². The standard InChI is InChI=1S/C11H9N5O2/c1-7(17)13-8-2-3-10-9(6-8)14-16(18)11-4-5-12-15(10)11/h2-6H,1H3,(H,13,17). The fourth-order valence-electron chi connectivity index (χ4n) is 1.84. The minimum absolute atomic E-state index is 0.176. The van der Waals surface area contributed by atoms with E-state index in [1.54, 1.807) is 24.3 Å². The second-order valence-electron chi connectivity index (χ2n) is 3.86. The monoisotopic (exact) mass is 243 g/mol. The summed E-state index contributed by atoms with van der Waals surface area (Å²) in [7, 11) is 0. The lowest BCUT2D eigenvalue weighted by Gasteiger charge is -2.05. The van der Waals surface area contributed by atoms with Crippen molar-refractivity contribution >= 4 is 28.3 Å². The smallest absolute Gasteiger partial charge is 0.333 e. The summed E-state index contributed by atoms with van der Waals surface area (Å²) in [5.41, 5.74) is 2.12. The third-order valence-corrected chi connectivity index (χ3v) is 2.54. The Labute approximate surface area is 101 Å². The van der Waals surface area contributed by atoms with E-state index in [4.69, 9.17) is 0 Å². The molecule has 18 heavy (non-hydrogen) atoms. The number of rotatable bonds is 1. The Morgan fingerprint density at radius 3 is 3.06 bits per heavy atom. The molecule has 2 heterocycles. The Kier molecular flexibility index (Phi) is 2.12. The molecular formula is C11H9N5O2. The highest BCUT2D eigenvalue weighted by Crippen LogP contribution is 2.16. The Morgan fingerprint density at radius 1 is 1.44 bits per heavy atom. The molecule has 7 nitrogen and oxygen atoms in total. The van der Waals surface area contributed by atoms with Gasteiger partial charge in [0.15, 0.2) is 11.0 Å². The first-order valence-corrected chi connectivity index (χ1v) is 5.30. The number of nitrogens with one attached hydrogen (secondary N) is 1. The van der Waals surface area contributed by atoms with E-state index in [0.29, 0.717) is 27.2 Å². The van der Waals surface area contributed by atoms with Gasteiger partial charge in [0.2, 0.25) is 5.91 Å². The minimum atomic E-state index is -0.176. The number of hydrogen-bond donors (Lipinski definition) is 1. The average molecular weight is 243 g/mol. The van der Waals surface area contributed by atoms with Crippen LogP contribution in [-0.4, -0.2) is 20.6 Å². The molecule has 0 radical (unpaired) electrons. The first-order chi connectivity index (χ1) is 8.65. The normalized spacial score (nSPS) is 10.9. The highest BCUT2D eigenvalue weighted by atomic mass is 16.5. The summed E-state index contributed by atoms with van der Waals surface area (Å²) in [5.74, 6) is -0.176. The molecule has 0 aliphatic heterocycles. The lowest BCUT2D eigenvalue weighted by molar-refractivity contribution is -0.643. The van der Waals surface area contributed by atoms with Crippen LogP contribution in [0.25, 0.3) is 16.7 Å². The van der Waals surface area contributed by atoms with E-state index in [1.165, 1.54) is 17.6 Å². The zero-order chi connectivity index (χ0) is 12.7. The maximum absolute atomic E-state index is 11.6. The Morgan fingerprint density at radius 2 is 2.28 bits per heavy atom. The van der Waals surface area contributed by atoms with Crippen LogP contribution in [0, 0.1) is 5.21 Å². The summed E-state index contributed by atoms with van der Waals surface area (Å²) in [6.07, 6.45) is 1.53. The number of anilines is 1. The molecule has 1 amide bonds. The molecule has 0 fully saturated rings. The van der Waals surface area contributed by atoms with Gasteiger partial charge in [-0.25, -0.2) is 0 Å². The number of amides is 1. The molecule has 90 valence electrons. The van der Waals surface area contributed by atoms with Crippen molar-refractivity contribution < 1.29 is 9.64 Å². The molecule has 0 unspecified atom stereocenters. The van der Waals surface area contributed by atoms with Gasteiger partial charge in [0.25, 0.3) is 0 Å². The molecule has 7 heteroatoms. The zero-order valence-corrected chi connectivity index (χ0v) is 9.49. The fraction of sp³-hybridized carbons (Fsp3) is 0.0909. The largest absolute Gasteiger partial charge is 0.691 e. The van der Waals surface area contributed by atoms with Gasteiger partial charge >= 0.3 is 5.65 Å². The van der Waals surface area contributed by atoms with Crippen molar-refractivity contribution in [2.75, 3.05) is 5.32 Å². The molecule has 0 bridgehead atoms. The van der Waals surface area contributed by atoms with Gasteiger partial charge in [0.1, 0.15) is 0 Å². The van der Waals surface area contributed by atoms with Gasteiger partial charge < -0.3 is 10.5 Å². The number of carbonyl (C=O) groups excluding carboxylic acids is 1. The van der Waals surface area contributed by atoms with Gasteiger partial charge in [0.05, 0.1) is 12.3 Å². The predicted molar refractivity (Wildman–Crippen MR) is 63.8 cm³/mol. The molecule has 1 N–H and O–H groups in total. The molecule has 3 rings (SSSR count). The first-order valence-electron chi connectivity index (χ1n) is 5.30. The van der Waals surface area contributed by atoms with Crippen LogP contribution in [0.5, 0.6) is 0 Å². The number of benzene rings is 1. The Bertz CT molecular complexity index is 765. The molecule has 2 aromatic heterocycles. The van der Waals surface area contributed by atoms with Gasteiger partial charge in [-0.1, -0.05) is 14.7 Å². The maximum Gasteiger partial charge on any atom is 0.333 e. The van der Waals surface area contributed by atoms with Crippen LogP contribution >= 0.6 is 0 Å². The first kappa shape index (κ1) is 10.5. The molecule has 0 atom stereocenters. The number of aromatic nitrogens is 4. The van der Waals surface area contributed by atoms with Crippen molar-refractivity contribution in [3.63, 3.8) is 0 Å². The van der Waals surface area contributed by atoms with Crippen molar-refractivity contribution in [3.05, 3.63) is 35.7 Å². The molecule has 0 saturated heterocycles. The second-order valence-corrected chi connectivity index (χ2v) is 3.86. The Hall–Kier alpha value is -2.70. The molecule has 1 aromatic carbocycles. The summed E-state index contributed by atoms with van der Waals surface area (Å²) in [4.78, 5) is 11.5. The molecule has 0 aliphatic rings. The lowest BCUT2D eigenvalue weighted by Crippen LogP contribution is -2.33. The summed E-state index contributed by atoms with van der Waals surface area (Å²) < 4.78 is 1.51. The fourth-order valence-corrected chi connectivity index (χ4v) is 1.84. The summed E-state index contributed by atoms with van der Waals surface area (Å²) in [6.45, 7) is 1.42. The second kappa shape index (κ2) is 3.66. The van der Waals surface area contributed by atoms with Crippen molar-refractivity contribution in [2.24, 2.45) is 0 Å². The minimum Gasteiger partial charge on any atom is -0.691 e. The van der Waals surface area contributed by atoms with E-state index in [2.05, 4.69) is 15.5 Å². The lowest BCUT2D eigenvalue weighted by atomic mass is 10.2. The van der Waals surface area contributed by atoms with Gasteiger partial charge in [-0.05, 0) is 18.2 Å². The third kappa shape index (κ3) is 1.53. The van der Waals surface area contributed by atoms with E-state index in [1.807, 2.05) is 0 Å². The highest BCUT2D eigenvalue weighted by molar-refractivity contribution is 5.91. The quantitative estimate of drug-likeness (QED) is 0.497. The number of carbonyl (C=O) groups is 1.